The van der Waals surface area contributed by atoms with Gasteiger partial charge >= 0.3 is 0 Å². The molecule has 1 amide bonds. The summed E-state index contributed by atoms with van der Waals surface area (Å²) in [4.78, 5) is 13.8. The average molecular weight is 384 g/mol. The number of hydrogen-bond donors (Lipinski definition) is 3. The van der Waals surface area contributed by atoms with Crippen LogP contribution in [0.15, 0.2) is 64.4 Å². The van der Waals surface area contributed by atoms with E-state index in [9.17, 15) is 13.2 Å². The number of hydrogen-bond acceptors (Lipinski definition) is 6. The Morgan fingerprint density at radius 3 is 2.19 bits per heavy atom. The highest BCUT2D eigenvalue weighted by Gasteiger charge is 2.25. The summed E-state index contributed by atoms with van der Waals surface area (Å²) >= 11 is 0. The van der Waals surface area contributed by atoms with Crippen LogP contribution < -0.4 is 21.9 Å². The number of rotatable bonds is 4. The van der Waals surface area contributed by atoms with Crippen LogP contribution in [0.2, 0.25) is 0 Å². The van der Waals surface area contributed by atoms with Crippen molar-refractivity contribution in [1.29, 1.82) is 0 Å². The first-order chi connectivity index (χ1) is 12.8. The first kappa shape index (κ1) is 18.7. The SMILES string of the molecule is CN(C)c1cccc2c(S(=O)(=O)c3cccc(C(=O)NN)c3N)cccc12. The van der Waals surface area contributed by atoms with Crippen molar-refractivity contribution in [2.75, 3.05) is 24.7 Å². The van der Waals surface area contributed by atoms with E-state index in [0.717, 1.165) is 11.1 Å². The van der Waals surface area contributed by atoms with Crippen LogP contribution in [-0.4, -0.2) is 28.4 Å². The van der Waals surface area contributed by atoms with Crippen LogP contribution in [0, 0.1) is 0 Å². The molecule has 140 valence electrons. The molecule has 0 atom stereocenters. The molecule has 3 aromatic rings. The number of hydrazine groups is 1. The highest BCUT2D eigenvalue weighted by atomic mass is 32.2. The lowest BCUT2D eigenvalue weighted by molar-refractivity contribution is 0.0954. The molecule has 0 aliphatic carbocycles. The van der Waals surface area contributed by atoms with Gasteiger partial charge in [0.2, 0.25) is 9.84 Å². The van der Waals surface area contributed by atoms with E-state index in [0.29, 0.717) is 5.39 Å². The summed E-state index contributed by atoms with van der Waals surface area (Å²) in [5.41, 5.74) is 8.74. The molecular formula is C19H20N4O3S. The third-order valence-electron chi connectivity index (χ3n) is 4.36. The maximum absolute atomic E-state index is 13.4. The Morgan fingerprint density at radius 1 is 0.926 bits per heavy atom. The highest BCUT2D eigenvalue weighted by Crippen LogP contribution is 2.35. The number of sulfone groups is 1. The first-order valence-corrected chi connectivity index (χ1v) is 9.61. The molecule has 0 heterocycles. The van der Waals surface area contributed by atoms with Crippen LogP contribution in [0.3, 0.4) is 0 Å². The van der Waals surface area contributed by atoms with Crippen molar-refractivity contribution < 1.29 is 13.2 Å². The Bertz CT molecular complexity index is 1140. The predicted molar refractivity (Wildman–Crippen MR) is 106 cm³/mol. The molecule has 0 bridgehead atoms. The van der Waals surface area contributed by atoms with Crippen LogP contribution in [0.5, 0.6) is 0 Å². The second kappa shape index (κ2) is 6.90. The third kappa shape index (κ3) is 3.09. The Kier molecular flexibility index (Phi) is 4.77. The van der Waals surface area contributed by atoms with E-state index >= 15 is 0 Å². The van der Waals surface area contributed by atoms with E-state index in [1.807, 2.05) is 36.6 Å². The van der Waals surface area contributed by atoms with Gasteiger partial charge in [-0.05, 0) is 24.3 Å². The Hall–Kier alpha value is -3.10. The van der Waals surface area contributed by atoms with Gasteiger partial charge in [-0.15, -0.1) is 0 Å². The lowest BCUT2D eigenvalue weighted by Crippen LogP contribution is -2.31. The Balaban J connectivity index is 2.29. The van der Waals surface area contributed by atoms with Gasteiger partial charge in [-0.25, -0.2) is 14.3 Å². The summed E-state index contributed by atoms with van der Waals surface area (Å²) in [6, 6.07) is 14.8. The van der Waals surface area contributed by atoms with Gasteiger partial charge in [0.05, 0.1) is 21.0 Å². The lowest BCUT2D eigenvalue weighted by atomic mass is 10.1. The minimum atomic E-state index is -3.97. The molecule has 3 aromatic carbocycles. The predicted octanol–water partition coefficient (Wildman–Crippen LogP) is 1.92. The van der Waals surface area contributed by atoms with E-state index in [2.05, 4.69) is 0 Å². The van der Waals surface area contributed by atoms with E-state index < -0.39 is 15.7 Å². The molecule has 27 heavy (non-hydrogen) atoms. The van der Waals surface area contributed by atoms with Gasteiger partial charge < -0.3 is 10.6 Å². The monoisotopic (exact) mass is 384 g/mol. The van der Waals surface area contributed by atoms with Crippen molar-refractivity contribution >= 4 is 37.9 Å². The molecule has 7 nitrogen and oxygen atoms in total. The van der Waals surface area contributed by atoms with Crippen molar-refractivity contribution in [1.82, 2.24) is 5.43 Å². The normalized spacial score (nSPS) is 11.4. The van der Waals surface area contributed by atoms with Gasteiger partial charge in [-0.1, -0.05) is 30.3 Å². The summed E-state index contributed by atoms with van der Waals surface area (Å²) < 4.78 is 26.7. The number of anilines is 2. The molecule has 8 heteroatoms. The number of carbonyl (C=O) groups excluding carboxylic acids is 1. The van der Waals surface area contributed by atoms with E-state index in [4.69, 9.17) is 11.6 Å². The maximum Gasteiger partial charge on any atom is 0.267 e. The summed E-state index contributed by atoms with van der Waals surface area (Å²) in [5.74, 6) is 4.50. The van der Waals surface area contributed by atoms with E-state index in [1.54, 1.807) is 18.2 Å². The Morgan fingerprint density at radius 2 is 1.52 bits per heavy atom. The molecule has 0 aliphatic heterocycles. The number of nitrogens with zero attached hydrogens (tertiary/aromatic N) is 1. The van der Waals surface area contributed by atoms with Gasteiger partial charge in [0.25, 0.3) is 5.91 Å². The smallest absolute Gasteiger partial charge is 0.267 e. The quantitative estimate of drug-likeness (QED) is 0.274. The molecule has 0 aromatic heterocycles. The zero-order valence-corrected chi connectivity index (χ0v) is 15.7. The highest BCUT2D eigenvalue weighted by molar-refractivity contribution is 7.92. The lowest BCUT2D eigenvalue weighted by Gasteiger charge is -2.17. The third-order valence-corrected chi connectivity index (χ3v) is 6.23. The standard InChI is InChI=1S/C19H20N4O3S/c1-23(2)15-9-3-7-13-12(15)6-4-10-16(13)27(25,26)17-11-5-8-14(18(17)20)19(24)22-21/h3-11H,20-21H2,1-2H3,(H,22,24). The second-order valence-corrected chi connectivity index (χ2v) is 8.10. The van der Waals surface area contributed by atoms with Gasteiger partial charge in [-0.2, -0.15) is 0 Å². The van der Waals surface area contributed by atoms with Crippen LogP contribution in [-0.2, 0) is 9.84 Å². The molecule has 3 rings (SSSR count). The molecule has 0 radical (unpaired) electrons. The number of para-hydroxylation sites is 1. The molecule has 0 fully saturated rings. The fraction of sp³-hybridized carbons (Fsp3) is 0.105. The molecule has 0 saturated heterocycles. The van der Waals surface area contributed by atoms with Crippen molar-refractivity contribution in [3.63, 3.8) is 0 Å². The second-order valence-electron chi connectivity index (χ2n) is 6.22. The van der Waals surface area contributed by atoms with Crippen LogP contribution in [0.25, 0.3) is 10.8 Å². The maximum atomic E-state index is 13.4. The number of nitrogens with one attached hydrogen (secondary N) is 1. The van der Waals surface area contributed by atoms with Gasteiger partial charge in [0.15, 0.2) is 0 Å². The molecule has 0 aliphatic rings. The largest absolute Gasteiger partial charge is 0.397 e. The zero-order chi connectivity index (χ0) is 19.8. The summed E-state index contributed by atoms with van der Waals surface area (Å²) in [7, 11) is -0.184. The summed E-state index contributed by atoms with van der Waals surface area (Å²) in [6.45, 7) is 0. The fourth-order valence-corrected chi connectivity index (χ4v) is 4.68. The topological polar surface area (TPSA) is 119 Å². The minimum absolute atomic E-state index is 0.00722. The van der Waals surface area contributed by atoms with Crippen LogP contribution in [0.1, 0.15) is 10.4 Å². The van der Waals surface area contributed by atoms with Crippen LogP contribution in [0.4, 0.5) is 11.4 Å². The van der Waals surface area contributed by atoms with Crippen molar-refractivity contribution in [2.45, 2.75) is 9.79 Å². The van der Waals surface area contributed by atoms with Crippen molar-refractivity contribution in [3.8, 4) is 0 Å². The number of nitrogens with two attached hydrogens (primary N) is 2. The zero-order valence-electron chi connectivity index (χ0n) is 14.9. The average Bonchev–Trinajstić information content (AvgIpc) is 2.66. The molecular weight excluding hydrogens is 364 g/mol. The number of amides is 1. The molecule has 0 saturated carbocycles. The molecule has 0 spiro atoms. The van der Waals surface area contributed by atoms with Crippen molar-refractivity contribution in [3.05, 3.63) is 60.2 Å². The minimum Gasteiger partial charge on any atom is -0.397 e. The molecule has 0 unspecified atom stereocenters. The summed E-state index contributed by atoms with van der Waals surface area (Å²) in [5, 5.41) is 1.38. The Labute approximate surface area is 157 Å². The van der Waals surface area contributed by atoms with Crippen molar-refractivity contribution in [2.24, 2.45) is 5.84 Å². The molecule has 5 N–H and O–H groups in total. The van der Waals surface area contributed by atoms with Gasteiger partial charge in [-0.3, -0.25) is 10.2 Å². The summed E-state index contributed by atoms with van der Waals surface area (Å²) in [6.07, 6.45) is 0. The number of fused-ring (bicyclic) bond motifs is 1. The van der Waals surface area contributed by atoms with Crippen LogP contribution >= 0.6 is 0 Å². The number of nitrogen functional groups attached to an aromatic ring is 2. The first-order valence-electron chi connectivity index (χ1n) is 8.12. The fourth-order valence-electron chi connectivity index (χ4n) is 3.06. The number of benzene rings is 3. The van der Waals surface area contributed by atoms with Gasteiger partial charge in [0, 0.05) is 30.6 Å². The number of carbonyl (C=O) groups is 1. The van der Waals surface area contributed by atoms with Gasteiger partial charge in [0.1, 0.15) is 0 Å². The van der Waals surface area contributed by atoms with E-state index in [1.165, 1.54) is 24.3 Å². The van der Waals surface area contributed by atoms with E-state index in [-0.39, 0.29) is 21.0 Å².